The van der Waals surface area contributed by atoms with Gasteiger partial charge in [-0.15, -0.1) is 11.8 Å². The molecule has 0 bridgehead atoms. The average molecular weight is 308 g/mol. The average Bonchev–Trinajstić information content (AvgIpc) is 2.37. The van der Waals surface area contributed by atoms with Crippen molar-refractivity contribution in [2.45, 2.75) is 53.4 Å². The lowest BCUT2D eigenvalue weighted by Crippen LogP contribution is -1.84. The molecule has 0 saturated carbocycles. The van der Waals surface area contributed by atoms with Crippen molar-refractivity contribution in [2.75, 3.05) is 5.75 Å². The minimum Gasteiger partial charge on any atom is -0.478 e. The van der Waals surface area contributed by atoms with Crippen LogP contribution in [0.3, 0.4) is 0 Å². The smallest absolute Gasteiger partial charge is 0.328 e. The Hall–Kier alpha value is -1.22. The van der Waals surface area contributed by atoms with E-state index in [9.17, 15) is 4.79 Å². The lowest BCUT2D eigenvalue weighted by Gasteiger charge is -2.01. The summed E-state index contributed by atoms with van der Waals surface area (Å²) >= 11 is 1.50. The SMILES string of the molecule is CC(C)=CCCC(C)=CCCC(C)=CCSC=CC(=O)O. The number of carboxylic acid groups (broad SMARTS) is 1. The van der Waals surface area contributed by atoms with E-state index < -0.39 is 5.97 Å². The first-order valence-corrected chi connectivity index (χ1v) is 8.42. The number of aliphatic carboxylic acids is 1. The molecule has 0 radical (unpaired) electrons. The van der Waals surface area contributed by atoms with Crippen LogP contribution in [0, 0.1) is 0 Å². The van der Waals surface area contributed by atoms with E-state index in [1.54, 1.807) is 5.41 Å². The third kappa shape index (κ3) is 15.0. The summed E-state index contributed by atoms with van der Waals surface area (Å²) in [6.07, 6.45) is 12.4. The van der Waals surface area contributed by atoms with Gasteiger partial charge in [0.25, 0.3) is 0 Å². The van der Waals surface area contributed by atoms with Gasteiger partial charge in [0.1, 0.15) is 0 Å². The molecule has 0 aromatic heterocycles. The van der Waals surface area contributed by atoms with E-state index in [1.165, 1.54) is 34.6 Å². The number of thioether (sulfide) groups is 1. The number of carbonyl (C=O) groups is 1. The first-order valence-electron chi connectivity index (χ1n) is 7.37. The second kappa shape index (κ2) is 12.5. The molecule has 0 amide bonds. The molecule has 0 aliphatic rings. The maximum atomic E-state index is 10.3. The van der Waals surface area contributed by atoms with E-state index in [-0.39, 0.29) is 0 Å². The van der Waals surface area contributed by atoms with Gasteiger partial charge in [0.2, 0.25) is 0 Å². The number of carboxylic acids is 1. The van der Waals surface area contributed by atoms with Gasteiger partial charge in [0.15, 0.2) is 0 Å². The fourth-order valence-electron chi connectivity index (χ4n) is 1.69. The monoisotopic (exact) mass is 308 g/mol. The number of hydrogen-bond acceptors (Lipinski definition) is 2. The van der Waals surface area contributed by atoms with Crippen LogP contribution >= 0.6 is 11.8 Å². The van der Waals surface area contributed by atoms with Gasteiger partial charge >= 0.3 is 5.97 Å². The first kappa shape index (κ1) is 19.8. The zero-order valence-corrected chi connectivity index (χ0v) is 14.5. The molecule has 0 saturated heterocycles. The Morgan fingerprint density at radius 2 is 1.52 bits per heavy atom. The van der Waals surface area contributed by atoms with Gasteiger partial charge in [-0.2, -0.15) is 0 Å². The third-order valence-electron chi connectivity index (χ3n) is 2.96. The molecule has 0 rings (SSSR count). The molecule has 0 heterocycles. The van der Waals surface area contributed by atoms with Crippen LogP contribution in [0.25, 0.3) is 0 Å². The van der Waals surface area contributed by atoms with Crippen LogP contribution in [0.2, 0.25) is 0 Å². The predicted octanol–water partition coefficient (Wildman–Crippen LogP) is 5.74. The van der Waals surface area contributed by atoms with Crippen LogP contribution in [0.1, 0.15) is 53.4 Å². The molecule has 0 fully saturated rings. The topological polar surface area (TPSA) is 37.3 Å². The summed E-state index contributed by atoms with van der Waals surface area (Å²) in [5, 5.41) is 10.1. The van der Waals surface area contributed by atoms with Gasteiger partial charge in [0.05, 0.1) is 0 Å². The Morgan fingerprint density at radius 1 is 0.952 bits per heavy atom. The van der Waals surface area contributed by atoms with Crippen molar-refractivity contribution < 1.29 is 9.90 Å². The Labute approximate surface area is 133 Å². The first-order chi connectivity index (χ1) is 9.91. The van der Waals surface area contributed by atoms with Gasteiger partial charge in [-0.1, -0.05) is 34.9 Å². The zero-order valence-electron chi connectivity index (χ0n) is 13.7. The minimum absolute atomic E-state index is 0.832. The number of rotatable bonds is 10. The molecule has 118 valence electrons. The molecule has 21 heavy (non-hydrogen) atoms. The Balaban J connectivity index is 3.88. The second-order valence-corrected chi connectivity index (χ2v) is 6.37. The van der Waals surface area contributed by atoms with E-state index in [0.29, 0.717) is 0 Å². The van der Waals surface area contributed by atoms with Gasteiger partial charge in [-0.05, 0) is 58.8 Å². The molecule has 1 N–H and O–H groups in total. The molecule has 0 aromatic carbocycles. The highest BCUT2D eigenvalue weighted by Crippen LogP contribution is 2.12. The highest BCUT2D eigenvalue weighted by atomic mass is 32.2. The van der Waals surface area contributed by atoms with Crippen LogP contribution in [0.5, 0.6) is 0 Å². The maximum absolute atomic E-state index is 10.3. The normalized spacial score (nSPS) is 12.8. The van der Waals surface area contributed by atoms with Crippen LogP contribution in [-0.4, -0.2) is 16.8 Å². The van der Waals surface area contributed by atoms with E-state index in [0.717, 1.165) is 31.4 Å². The van der Waals surface area contributed by atoms with Crippen molar-refractivity contribution in [2.24, 2.45) is 0 Å². The standard InChI is InChI=1S/C18H28O2S/c1-15(2)7-5-8-16(3)9-6-10-17(4)11-13-21-14-12-18(19)20/h7,9,11-12,14H,5-6,8,10,13H2,1-4H3,(H,19,20). The Morgan fingerprint density at radius 3 is 2.10 bits per heavy atom. The molecule has 0 atom stereocenters. The van der Waals surface area contributed by atoms with Crippen molar-refractivity contribution in [3.63, 3.8) is 0 Å². The summed E-state index contributed by atoms with van der Waals surface area (Å²) in [7, 11) is 0. The molecular weight excluding hydrogens is 280 g/mol. The van der Waals surface area contributed by atoms with E-state index in [2.05, 4.69) is 45.9 Å². The fraction of sp³-hybridized carbons (Fsp3) is 0.500. The zero-order chi connectivity index (χ0) is 16.1. The highest BCUT2D eigenvalue weighted by molar-refractivity contribution is 8.02. The van der Waals surface area contributed by atoms with Crippen LogP contribution in [0.15, 0.2) is 46.4 Å². The molecule has 2 nitrogen and oxygen atoms in total. The van der Waals surface area contributed by atoms with E-state index >= 15 is 0 Å². The molecule has 3 heteroatoms. The molecular formula is C18H28O2S. The van der Waals surface area contributed by atoms with Crippen LogP contribution in [-0.2, 0) is 4.79 Å². The number of hydrogen-bond donors (Lipinski definition) is 1. The summed E-state index contributed by atoms with van der Waals surface area (Å²) in [4.78, 5) is 10.3. The third-order valence-corrected chi connectivity index (χ3v) is 3.65. The lowest BCUT2D eigenvalue weighted by atomic mass is 10.1. The second-order valence-electron chi connectivity index (χ2n) is 5.43. The Bertz CT molecular complexity index is 424. The van der Waals surface area contributed by atoms with Gasteiger partial charge < -0.3 is 5.11 Å². The largest absolute Gasteiger partial charge is 0.478 e. The van der Waals surface area contributed by atoms with Crippen LogP contribution in [0.4, 0.5) is 0 Å². The van der Waals surface area contributed by atoms with Gasteiger partial charge in [-0.3, -0.25) is 0 Å². The van der Waals surface area contributed by atoms with Crippen LogP contribution < -0.4 is 0 Å². The van der Waals surface area contributed by atoms with Gasteiger partial charge in [0, 0.05) is 11.8 Å². The quantitative estimate of drug-likeness (QED) is 0.318. The summed E-state index contributed by atoms with van der Waals surface area (Å²) < 4.78 is 0. The summed E-state index contributed by atoms with van der Waals surface area (Å²) in [5.41, 5.74) is 4.20. The highest BCUT2D eigenvalue weighted by Gasteiger charge is 1.92. The molecule has 0 aromatic rings. The summed E-state index contributed by atoms with van der Waals surface area (Å²) in [5.74, 6) is -0.0595. The van der Waals surface area contributed by atoms with Crippen molar-refractivity contribution in [3.05, 3.63) is 46.4 Å². The predicted molar refractivity (Wildman–Crippen MR) is 94.6 cm³/mol. The van der Waals surface area contributed by atoms with Crippen molar-refractivity contribution in [3.8, 4) is 0 Å². The Kier molecular flexibility index (Phi) is 11.8. The maximum Gasteiger partial charge on any atom is 0.328 e. The van der Waals surface area contributed by atoms with E-state index in [4.69, 9.17) is 5.11 Å². The number of allylic oxidation sites excluding steroid dienone is 5. The summed E-state index contributed by atoms with van der Waals surface area (Å²) in [6, 6.07) is 0. The van der Waals surface area contributed by atoms with Crippen molar-refractivity contribution in [1.82, 2.24) is 0 Å². The molecule has 0 aliphatic carbocycles. The molecule has 0 aliphatic heterocycles. The molecule has 0 spiro atoms. The summed E-state index contributed by atoms with van der Waals surface area (Å²) in [6.45, 7) is 8.60. The minimum atomic E-state index is -0.892. The van der Waals surface area contributed by atoms with Crippen molar-refractivity contribution >= 4 is 17.7 Å². The lowest BCUT2D eigenvalue weighted by molar-refractivity contribution is -0.131. The van der Waals surface area contributed by atoms with E-state index in [1.807, 2.05) is 0 Å². The fourth-order valence-corrected chi connectivity index (χ4v) is 2.40. The molecule has 0 unspecified atom stereocenters. The van der Waals surface area contributed by atoms with Crippen molar-refractivity contribution in [1.29, 1.82) is 0 Å². The van der Waals surface area contributed by atoms with Gasteiger partial charge in [-0.25, -0.2) is 4.79 Å².